The molecule has 4 nitrogen and oxygen atoms in total. The maximum Gasteiger partial charge on any atom is 0.214 e. The fourth-order valence-corrected chi connectivity index (χ4v) is 3.66. The summed E-state index contributed by atoms with van der Waals surface area (Å²) < 4.78 is 25.8. The van der Waals surface area contributed by atoms with Gasteiger partial charge in [0.1, 0.15) is 0 Å². The van der Waals surface area contributed by atoms with Crippen molar-refractivity contribution >= 4 is 10.0 Å². The smallest absolute Gasteiger partial charge is 0.214 e. The normalized spacial score (nSPS) is 24.6. The molecule has 0 aromatic carbocycles. The number of rotatable bonds is 3. The average Bonchev–Trinajstić information content (AvgIpc) is 2.14. The second kappa shape index (κ2) is 5.02. The highest BCUT2D eigenvalue weighted by molar-refractivity contribution is 7.89. The Morgan fingerprint density at radius 2 is 2.00 bits per heavy atom. The van der Waals surface area contributed by atoms with Crippen molar-refractivity contribution in [1.82, 2.24) is 9.62 Å². The first-order chi connectivity index (χ1) is 7.21. The van der Waals surface area contributed by atoms with E-state index >= 15 is 0 Å². The topological polar surface area (TPSA) is 49.4 Å². The zero-order chi connectivity index (χ0) is 12.4. The van der Waals surface area contributed by atoms with Gasteiger partial charge in [0.25, 0.3) is 0 Å². The van der Waals surface area contributed by atoms with Crippen LogP contribution in [0.15, 0.2) is 0 Å². The zero-order valence-electron chi connectivity index (χ0n) is 10.8. The molecule has 0 radical (unpaired) electrons. The van der Waals surface area contributed by atoms with E-state index in [0.29, 0.717) is 19.5 Å². The van der Waals surface area contributed by atoms with Gasteiger partial charge in [0.05, 0.1) is 5.75 Å². The van der Waals surface area contributed by atoms with Gasteiger partial charge in [0.2, 0.25) is 10.0 Å². The number of hydrogen-bond donors (Lipinski definition) is 1. The summed E-state index contributed by atoms with van der Waals surface area (Å²) in [6.45, 7) is 10.2. The summed E-state index contributed by atoms with van der Waals surface area (Å²) in [6.07, 6.45) is 0.716. The van der Waals surface area contributed by atoms with Crippen LogP contribution in [-0.2, 0) is 10.0 Å². The third-order valence-electron chi connectivity index (χ3n) is 2.83. The van der Waals surface area contributed by atoms with E-state index in [0.717, 1.165) is 6.54 Å². The first-order valence-electron chi connectivity index (χ1n) is 5.92. The summed E-state index contributed by atoms with van der Waals surface area (Å²) in [5.41, 5.74) is 0.0761. The number of nitrogens with one attached hydrogen (secondary N) is 1. The fraction of sp³-hybridized carbons (Fsp3) is 1.00. The maximum atomic E-state index is 12.1. The third-order valence-corrected chi connectivity index (χ3v) is 4.67. The molecule has 1 rings (SSSR count). The van der Waals surface area contributed by atoms with E-state index in [1.807, 2.05) is 6.92 Å². The molecule has 1 saturated heterocycles. The molecule has 0 unspecified atom stereocenters. The lowest BCUT2D eigenvalue weighted by Gasteiger charge is -2.31. The van der Waals surface area contributed by atoms with Crippen LogP contribution in [0.5, 0.6) is 0 Å². The molecule has 0 saturated carbocycles. The Hall–Kier alpha value is -0.130. The van der Waals surface area contributed by atoms with E-state index < -0.39 is 10.0 Å². The van der Waals surface area contributed by atoms with Gasteiger partial charge >= 0.3 is 0 Å². The van der Waals surface area contributed by atoms with Gasteiger partial charge in [-0.25, -0.2) is 8.42 Å². The molecule has 1 heterocycles. The Labute approximate surface area is 99.5 Å². The van der Waals surface area contributed by atoms with E-state index in [1.54, 1.807) is 4.31 Å². The minimum atomic E-state index is -3.06. The molecule has 1 aliphatic rings. The van der Waals surface area contributed by atoms with Crippen molar-refractivity contribution < 1.29 is 8.42 Å². The van der Waals surface area contributed by atoms with Crippen molar-refractivity contribution in [3.8, 4) is 0 Å². The lowest BCUT2D eigenvalue weighted by atomic mass is 9.94. The van der Waals surface area contributed by atoms with Crippen LogP contribution in [0.4, 0.5) is 0 Å². The van der Waals surface area contributed by atoms with Crippen LogP contribution in [0.25, 0.3) is 0 Å². The van der Waals surface area contributed by atoms with Crippen LogP contribution in [0, 0.1) is 5.41 Å². The van der Waals surface area contributed by atoms with E-state index in [1.165, 1.54) is 0 Å². The summed E-state index contributed by atoms with van der Waals surface area (Å²) in [5.74, 6) is 0.267. The highest BCUT2D eigenvalue weighted by atomic mass is 32.2. The van der Waals surface area contributed by atoms with Crippen LogP contribution >= 0.6 is 0 Å². The molecule has 1 N–H and O–H groups in total. The first-order valence-corrected chi connectivity index (χ1v) is 7.53. The summed E-state index contributed by atoms with van der Waals surface area (Å²) in [4.78, 5) is 0. The molecule has 0 aromatic rings. The Morgan fingerprint density at radius 3 is 2.50 bits per heavy atom. The minimum absolute atomic E-state index is 0.0761. The van der Waals surface area contributed by atoms with Crippen LogP contribution in [0.2, 0.25) is 0 Å². The standard InChI is InChI=1S/C11H24N2O2S/c1-10-9-13(7-6-12-10)16(14,15)8-5-11(2,3)4/h10,12H,5-9H2,1-4H3/t10-/m0/s1. The zero-order valence-corrected chi connectivity index (χ0v) is 11.6. The van der Waals surface area contributed by atoms with E-state index in [4.69, 9.17) is 0 Å². The molecule has 0 bridgehead atoms. The average molecular weight is 248 g/mol. The van der Waals surface area contributed by atoms with Crippen LogP contribution in [0.1, 0.15) is 34.1 Å². The maximum absolute atomic E-state index is 12.1. The summed E-state index contributed by atoms with van der Waals surface area (Å²) in [7, 11) is -3.06. The van der Waals surface area contributed by atoms with Gasteiger partial charge in [0, 0.05) is 25.7 Å². The molecule has 0 amide bonds. The predicted molar refractivity (Wildman–Crippen MR) is 66.9 cm³/mol. The molecule has 1 aliphatic heterocycles. The van der Waals surface area contributed by atoms with Crippen LogP contribution in [0.3, 0.4) is 0 Å². The van der Waals surface area contributed by atoms with Crippen molar-refractivity contribution in [2.75, 3.05) is 25.4 Å². The SMILES string of the molecule is C[C@H]1CN(S(=O)(=O)CCC(C)(C)C)CCN1. The Bertz CT molecular complexity index is 319. The summed E-state index contributed by atoms with van der Waals surface area (Å²) in [5, 5.41) is 3.25. The minimum Gasteiger partial charge on any atom is -0.312 e. The quantitative estimate of drug-likeness (QED) is 0.812. The monoisotopic (exact) mass is 248 g/mol. The highest BCUT2D eigenvalue weighted by Gasteiger charge is 2.27. The van der Waals surface area contributed by atoms with Gasteiger partial charge in [-0.15, -0.1) is 0 Å². The Morgan fingerprint density at radius 1 is 1.38 bits per heavy atom. The van der Waals surface area contributed by atoms with Crippen molar-refractivity contribution in [3.63, 3.8) is 0 Å². The van der Waals surface area contributed by atoms with Gasteiger partial charge in [0.15, 0.2) is 0 Å². The van der Waals surface area contributed by atoms with Crippen LogP contribution in [-0.4, -0.2) is 44.2 Å². The molecule has 1 fully saturated rings. The molecule has 96 valence electrons. The Balaban J connectivity index is 2.56. The van der Waals surface area contributed by atoms with Gasteiger partial charge in [-0.3, -0.25) is 0 Å². The van der Waals surface area contributed by atoms with Crippen molar-refractivity contribution in [2.45, 2.75) is 40.2 Å². The number of sulfonamides is 1. The first kappa shape index (κ1) is 13.9. The lowest BCUT2D eigenvalue weighted by Crippen LogP contribution is -2.51. The Kier molecular flexibility index (Phi) is 4.37. The van der Waals surface area contributed by atoms with Gasteiger partial charge in [-0.1, -0.05) is 20.8 Å². The summed E-state index contributed by atoms with van der Waals surface area (Å²) >= 11 is 0. The number of piperazine rings is 1. The molecule has 0 aliphatic carbocycles. The molecule has 1 atom stereocenters. The van der Waals surface area contributed by atoms with Crippen LogP contribution < -0.4 is 5.32 Å². The molecular formula is C11H24N2O2S. The van der Waals surface area contributed by atoms with Crippen molar-refractivity contribution in [2.24, 2.45) is 5.41 Å². The third kappa shape index (κ3) is 4.39. The fourth-order valence-electron chi connectivity index (χ4n) is 1.71. The second-order valence-corrected chi connectivity index (χ2v) is 7.93. The van der Waals surface area contributed by atoms with Gasteiger partial charge in [-0.05, 0) is 18.8 Å². The molecule has 16 heavy (non-hydrogen) atoms. The number of nitrogens with zero attached hydrogens (tertiary/aromatic N) is 1. The molecule has 5 heteroatoms. The van der Waals surface area contributed by atoms with Crippen molar-refractivity contribution in [3.05, 3.63) is 0 Å². The van der Waals surface area contributed by atoms with Gasteiger partial charge < -0.3 is 5.32 Å². The predicted octanol–water partition coefficient (Wildman–Crippen LogP) is 1.05. The van der Waals surface area contributed by atoms with E-state index in [-0.39, 0.29) is 17.2 Å². The van der Waals surface area contributed by atoms with E-state index in [9.17, 15) is 8.42 Å². The number of hydrogen-bond acceptors (Lipinski definition) is 3. The van der Waals surface area contributed by atoms with Gasteiger partial charge in [-0.2, -0.15) is 4.31 Å². The van der Waals surface area contributed by atoms with Crippen molar-refractivity contribution in [1.29, 1.82) is 0 Å². The van der Waals surface area contributed by atoms with E-state index in [2.05, 4.69) is 26.1 Å². The summed E-state index contributed by atoms with van der Waals surface area (Å²) in [6, 6.07) is 0.262. The lowest BCUT2D eigenvalue weighted by molar-refractivity contribution is 0.306. The largest absolute Gasteiger partial charge is 0.312 e. The molecule has 0 spiro atoms. The highest BCUT2D eigenvalue weighted by Crippen LogP contribution is 2.20. The molecule has 0 aromatic heterocycles. The molecular weight excluding hydrogens is 224 g/mol. The second-order valence-electron chi connectivity index (χ2n) is 5.84.